The summed E-state index contributed by atoms with van der Waals surface area (Å²) >= 11 is 0. The van der Waals surface area contributed by atoms with Crippen LogP contribution in [0.1, 0.15) is 12.0 Å². The molecule has 7 heteroatoms. The summed E-state index contributed by atoms with van der Waals surface area (Å²) in [5, 5.41) is 15.5. The number of tetrazole rings is 1. The van der Waals surface area contributed by atoms with Crippen LogP contribution in [0.3, 0.4) is 0 Å². The first kappa shape index (κ1) is 19.7. The Balaban J connectivity index is 1.59. The molecule has 0 unspecified atom stereocenters. The predicted molar refractivity (Wildman–Crippen MR) is 124 cm³/mol. The molecule has 3 aromatic carbocycles. The van der Waals surface area contributed by atoms with E-state index in [-0.39, 0.29) is 5.91 Å². The summed E-state index contributed by atoms with van der Waals surface area (Å²) in [4.78, 5) is 11.5. The third-order valence-electron chi connectivity index (χ3n) is 5.83. The van der Waals surface area contributed by atoms with Gasteiger partial charge in [-0.25, -0.2) is 5.10 Å². The van der Waals surface area contributed by atoms with Crippen LogP contribution in [0.2, 0.25) is 0 Å². The van der Waals surface area contributed by atoms with Crippen LogP contribution in [0.5, 0.6) is 0 Å². The van der Waals surface area contributed by atoms with Gasteiger partial charge >= 0.3 is 0 Å². The van der Waals surface area contributed by atoms with E-state index in [9.17, 15) is 4.79 Å². The van der Waals surface area contributed by atoms with Crippen molar-refractivity contribution in [1.82, 2.24) is 25.2 Å². The highest BCUT2D eigenvalue weighted by molar-refractivity contribution is 5.93. The van der Waals surface area contributed by atoms with Crippen molar-refractivity contribution in [3.05, 3.63) is 78.4 Å². The van der Waals surface area contributed by atoms with Crippen molar-refractivity contribution in [3.8, 4) is 33.8 Å². The number of carbonyl (C=O) groups excluding carboxylic acids is 1. The zero-order valence-electron chi connectivity index (χ0n) is 17.6. The van der Waals surface area contributed by atoms with Crippen molar-refractivity contribution < 1.29 is 4.79 Å². The molecule has 0 atom stereocenters. The first-order valence-electron chi connectivity index (χ1n) is 10.4. The lowest BCUT2D eigenvalue weighted by Crippen LogP contribution is -2.11. The maximum absolute atomic E-state index is 11.5. The Morgan fingerprint density at radius 3 is 2.34 bits per heavy atom. The fraction of sp³-hybridized carbons (Fsp3) is 0.120. The Morgan fingerprint density at radius 1 is 0.938 bits per heavy atom. The Morgan fingerprint density at radius 2 is 1.62 bits per heavy atom. The van der Waals surface area contributed by atoms with Gasteiger partial charge in [0.05, 0.1) is 5.69 Å². The second-order valence-corrected chi connectivity index (χ2v) is 7.74. The monoisotopic (exact) mass is 422 g/mol. The molecule has 1 amide bonds. The van der Waals surface area contributed by atoms with Crippen LogP contribution in [0, 0.1) is 0 Å². The van der Waals surface area contributed by atoms with E-state index in [1.807, 2.05) is 30.3 Å². The van der Waals surface area contributed by atoms with Crippen molar-refractivity contribution in [3.63, 3.8) is 0 Å². The van der Waals surface area contributed by atoms with E-state index < -0.39 is 0 Å². The molecule has 7 nitrogen and oxygen atoms in total. The number of amides is 1. The molecule has 0 spiro atoms. The van der Waals surface area contributed by atoms with E-state index in [2.05, 4.69) is 74.7 Å². The quantitative estimate of drug-likeness (QED) is 0.430. The SMILES string of the molecule is Cn1c(-c2ccc(-c3ccccc3-c3nnn[nH]3)cc2)c(CCC(N)=O)c2ccccc21. The number of H-pyrrole nitrogens is 1. The van der Waals surface area contributed by atoms with Gasteiger partial charge < -0.3 is 10.3 Å². The van der Waals surface area contributed by atoms with Gasteiger partial charge in [0.1, 0.15) is 0 Å². The molecule has 0 aliphatic carbocycles. The maximum Gasteiger partial charge on any atom is 0.217 e. The van der Waals surface area contributed by atoms with Gasteiger partial charge in [-0.1, -0.05) is 66.7 Å². The molecule has 0 saturated heterocycles. The van der Waals surface area contributed by atoms with Crippen LogP contribution in [0.4, 0.5) is 0 Å². The number of carbonyl (C=O) groups is 1. The average Bonchev–Trinajstić information content (AvgIpc) is 3.45. The van der Waals surface area contributed by atoms with Crippen molar-refractivity contribution >= 4 is 16.8 Å². The molecule has 0 saturated carbocycles. The van der Waals surface area contributed by atoms with Crippen LogP contribution in [0.25, 0.3) is 44.7 Å². The minimum absolute atomic E-state index is 0.294. The Kier molecular flexibility index (Phi) is 4.99. The predicted octanol–water partition coefficient (Wildman–Crippen LogP) is 4.11. The number of fused-ring (bicyclic) bond motifs is 1. The van der Waals surface area contributed by atoms with Crippen LogP contribution >= 0.6 is 0 Å². The Labute approximate surface area is 184 Å². The normalized spacial score (nSPS) is 11.2. The van der Waals surface area contributed by atoms with Crippen molar-refractivity contribution in [1.29, 1.82) is 0 Å². The zero-order valence-corrected chi connectivity index (χ0v) is 17.6. The summed E-state index contributed by atoms with van der Waals surface area (Å²) in [5.41, 5.74) is 13.0. The lowest BCUT2D eigenvalue weighted by atomic mass is 9.96. The standard InChI is InChI=1S/C25H22N6O/c1-31-22-9-5-4-7-19(22)20(14-15-23(26)32)24(31)17-12-10-16(11-13-17)18-6-2-3-8-21(18)25-27-29-30-28-25/h2-13H,14-15H2,1H3,(H2,26,32)(H,27,28,29,30). The molecule has 158 valence electrons. The van der Waals surface area contributed by atoms with Crippen LogP contribution < -0.4 is 5.73 Å². The van der Waals surface area contributed by atoms with Gasteiger partial charge in [0.15, 0.2) is 5.82 Å². The summed E-state index contributed by atoms with van der Waals surface area (Å²) in [6.07, 6.45) is 0.923. The summed E-state index contributed by atoms with van der Waals surface area (Å²) in [6.45, 7) is 0. The number of primary amides is 1. The van der Waals surface area contributed by atoms with E-state index in [0.29, 0.717) is 18.7 Å². The van der Waals surface area contributed by atoms with Crippen molar-refractivity contribution in [2.45, 2.75) is 12.8 Å². The molecule has 32 heavy (non-hydrogen) atoms. The molecule has 3 N–H and O–H groups in total. The smallest absolute Gasteiger partial charge is 0.217 e. The highest BCUT2D eigenvalue weighted by atomic mass is 16.1. The minimum atomic E-state index is -0.294. The average molecular weight is 422 g/mol. The number of hydrogen-bond donors (Lipinski definition) is 2. The molecule has 5 aromatic rings. The fourth-order valence-electron chi connectivity index (χ4n) is 4.36. The number of nitrogens with zero attached hydrogens (tertiary/aromatic N) is 4. The number of aryl methyl sites for hydroxylation is 2. The molecule has 0 radical (unpaired) electrons. The number of aromatic nitrogens is 5. The van der Waals surface area contributed by atoms with E-state index in [1.54, 1.807) is 0 Å². The van der Waals surface area contributed by atoms with E-state index >= 15 is 0 Å². The summed E-state index contributed by atoms with van der Waals surface area (Å²) in [7, 11) is 2.06. The number of nitrogens with one attached hydrogen (secondary N) is 1. The lowest BCUT2D eigenvalue weighted by Gasteiger charge is -2.11. The van der Waals surface area contributed by atoms with Crippen LogP contribution in [0.15, 0.2) is 72.8 Å². The molecular formula is C25H22N6O. The molecule has 0 aliphatic heterocycles. The minimum Gasteiger partial charge on any atom is -0.370 e. The van der Waals surface area contributed by atoms with Gasteiger partial charge in [-0.3, -0.25) is 4.79 Å². The lowest BCUT2D eigenvalue weighted by molar-refractivity contribution is -0.117. The number of benzene rings is 3. The van der Waals surface area contributed by atoms with Gasteiger partial charge in [-0.05, 0) is 45.2 Å². The van der Waals surface area contributed by atoms with Gasteiger partial charge in [0, 0.05) is 29.9 Å². The summed E-state index contributed by atoms with van der Waals surface area (Å²) < 4.78 is 2.19. The van der Waals surface area contributed by atoms with Gasteiger partial charge in [0.25, 0.3) is 0 Å². The van der Waals surface area contributed by atoms with Crippen LogP contribution in [-0.4, -0.2) is 31.1 Å². The first-order valence-corrected chi connectivity index (χ1v) is 10.4. The van der Waals surface area contributed by atoms with Crippen molar-refractivity contribution in [2.24, 2.45) is 12.8 Å². The Hall–Kier alpha value is -4.26. The first-order chi connectivity index (χ1) is 15.6. The number of para-hydroxylation sites is 1. The fourth-order valence-corrected chi connectivity index (χ4v) is 4.36. The van der Waals surface area contributed by atoms with Gasteiger partial charge in [-0.15, -0.1) is 5.10 Å². The number of hydrogen-bond acceptors (Lipinski definition) is 4. The van der Waals surface area contributed by atoms with E-state index in [4.69, 9.17) is 5.73 Å². The summed E-state index contributed by atoms with van der Waals surface area (Å²) in [6, 6.07) is 24.7. The highest BCUT2D eigenvalue weighted by Gasteiger charge is 2.17. The number of aromatic amines is 1. The second-order valence-electron chi connectivity index (χ2n) is 7.74. The molecule has 0 fully saturated rings. The Bertz CT molecular complexity index is 1400. The zero-order chi connectivity index (χ0) is 22.1. The topological polar surface area (TPSA) is 102 Å². The highest BCUT2D eigenvalue weighted by Crippen LogP contribution is 2.36. The molecular weight excluding hydrogens is 400 g/mol. The van der Waals surface area contributed by atoms with Crippen molar-refractivity contribution in [2.75, 3.05) is 0 Å². The second kappa shape index (κ2) is 8.11. The van der Waals surface area contributed by atoms with Gasteiger partial charge in [0.2, 0.25) is 5.91 Å². The number of rotatable bonds is 6. The van der Waals surface area contributed by atoms with Crippen LogP contribution in [-0.2, 0) is 18.3 Å². The third kappa shape index (κ3) is 3.43. The largest absolute Gasteiger partial charge is 0.370 e. The summed E-state index contributed by atoms with van der Waals surface area (Å²) in [5.74, 6) is 0.338. The van der Waals surface area contributed by atoms with E-state index in [1.165, 1.54) is 0 Å². The number of nitrogens with two attached hydrogens (primary N) is 1. The molecule has 0 aliphatic rings. The molecule has 2 aromatic heterocycles. The maximum atomic E-state index is 11.5. The molecule has 2 heterocycles. The van der Waals surface area contributed by atoms with Gasteiger partial charge in [-0.2, -0.15) is 0 Å². The molecule has 5 rings (SSSR count). The van der Waals surface area contributed by atoms with E-state index in [0.717, 1.165) is 44.4 Å². The molecule has 0 bridgehead atoms. The third-order valence-corrected chi connectivity index (χ3v) is 5.83.